The molecule has 2 aliphatic rings. The van der Waals surface area contributed by atoms with Gasteiger partial charge in [0.2, 0.25) is 5.91 Å². The Kier molecular flexibility index (Phi) is 4.41. The molecule has 6 nitrogen and oxygen atoms in total. The van der Waals surface area contributed by atoms with Crippen molar-refractivity contribution in [3.8, 4) is 0 Å². The molecule has 2 saturated heterocycles. The summed E-state index contributed by atoms with van der Waals surface area (Å²) in [5, 5.41) is 2.82. The lowest BCUT2D eigenvalue weighted by Gasteiger charge is -2.36. The largest absolute Gasteiger partial charge is 0.339 e. The van der Waals surface area contributed by atoms with E-state index in [9.17, 15) is 9.59 Å². The molecule has 6 heteroatoms. The van der Waals surface area contributed by atoms with Crippen LogP contribution in [0.3, 0.4) is 0 Å². The number of nitrogens with two attached hydrogens (primary N) is 1. The van der Waals surface area contributed by atoms with Gasteiger partial charge in [0.1, 0.15) is 0 Å². The first-order chi connectivity index (χ1) is 8.72. The van der Waals surface area contributed by atoms with Crippen LogP contribution < -0.4 is 11.1 Å². The van der Waals surface area contributed by atoms with Crippen LogP contribution in [-0.4, -0.2) is 60.5 Å². The second-order valence-corrected chi connectivity index (χ2v) is 4.97. The van der Waals surface area contributed by atoms with Gasteiger partial charge < -0.3 is 20.9 Å². The van der Waals surface area contributed by atoms with Crippen molar-refractivity contribution >= 4 is 11.9 Å². The molecule has 1 unspecified atom stereocenters. The topological polar surface area (TPSA) is 78.7 Å². The number of amides is 3. The smallest absolute Gasteiger partial charge is 0.317 e. The lowest BCUT2D eigenvalue weighted by atomic mass is 10.1. The van der Waals surface area contributed by atoms with Gasteiger partial charge in [-0.2, -0.15) is 0 Å². The zero-order valence-corrected chi connectivity index (χ0v) is 10.7. The predicted octanol–water partition coefficient (Wildman–Crippen LogP) is -0.258. The van der Waals surface area contributed by atoms with Gasteiger partial charge in [-0.25, -0.2) is 4.79 Å². The fourth-order valence-electron chi connectivity index (χ4n) is 2.59. The van der Waals surface area contributed by atoms with Crippen molar-refractivity contribution in [3.05, 3.63) is 0 Å². The molecule has 102 valence electrons. The quantitative estimate of drug-likeness (QED) is 0.664. The van der Waals surface area contributed by atoms with Gasteiger partial charge in [0.05, 0.1) is 6.04 Å². The van der Waals surface area contributed by atoms with Crippen molar-refractivity contribution < 1.29 is 9.59 Å². The Morgan fingerprint density at radius 1 is 1.33 bits per heavy atom. The van der Waals surface area contributed by atoms with Crippen molar-refractivity contribution in [1.82, 2.24) is 15.1 Å². The lowest BCUT2D eigenvalue weighted by molar-refractivity contribution is -0.133. The van der Waals surface area contributed by atoms with Crippen LogP contribution >= 0.6 is 0 Å². The predicted molar refractivity (Wildman–Crippen MR) is 68.0 cm³/mol. The van der Waals surface area contributed by atoms with Crippen molar-refractivity contribution in [2.24, 2.45) is 5.73 Å². The van der Waals surface area contributed by atoms with Crippen LogP contribution in [-0.2, 0) is 4.79 Å². The summed E-state index contributed by atoms with van der Waals surface area (Å²) in [5.74, 6) is 0.214. The summed E-state index contributed by atoms with van der Waals surface area (Å²) in [7, 11) is 0. The van der Waals surface area contributed by atoms with Crippen LogP contribution in [0.5, 0.6) is 0 Å². The highest BCUT2D eigenvalue weighted by Gasteiger charge is 2.36. The number of nitrogens with zero attached hydrogens (tertiary/aromatic N) is 2. The Hall–Kier alpha value is -1.30. The van der Waals surface area contributed by atoms with Crippen LogP contribution in [0.15, 0.2) is 0 Å². The molecule has 2 rings (SSSR count). The summed E-state index contributed by atoms with van der Waals surface area (Å²) in [5.41, 5.74) is 5.42. The molecule has 1 atom stereocenters. The molecule has 2 aliphatic heterocycles. The van der Waals surface area contributed by atoms with Crippen LogP contribution in [0.4, 0.5) is 4.79 Å². The minimum absolute atomic E-state index is 0.00930. The van der Waals surface area contributed by atoms with Gasteiger partial charge in [0, 0.05) is 32.6 Å². The van der Waals surface area contributed by atoms with Gasteiger partial charge in [-0.1, -0.05) is 6.42 Å². The lowest BCUT2D eigenvalue weighted by Crippen LogP contribution is -2.53. The third-order valence-electron chi connectivity index (χ3n) is 3.68. The molecule has 0 saturated carbocycles. The van der Waals surface area contributed by atoms with E-state index in [-0.39, 0.29) is 18.0 Å². The Balaban J connectivity index is 1.74. The average Bonchev–Trinajstić information content (AvgIpc) is 2.76. The fourth-order valence-corrected chi connectivity index (χ4v) is 2.59. The summed E-state index contributed by atoms with van der Waals surface area (Å²) in [6.45, 7) is 3.36. The number of urea groups is 1. The molecule has 0 aliphatic carbocycles. The number of hydrogen-bond donors (Lipinski definition) is 2. The van der Waals surface area contributed by atoms with Gasteiger partial charge in [0.15, 0.2) is 0 Å². The van der Waals surface area contributed by atoms with Crippen molar-refractivity contribution in [2.45, 2.75) is 31.7 Å². The third-order valence-corrected chi connectivity index (χ3v) is 3.68. The Labute approximate surface area is 107 Å². The highest BCUT2D eigenvalue weighted by atomic mass is 16.2. The summed E-state index contributed by atoms with van der Waals surface area (Å²) < 4.78 is 0. The molecular formula is C12H22N4O2. The van der Waals surface area contributed by atoms with E-state index in [1.54, 1.807) is 0 Å². The van der Waals surface area contributed by atoms with Crippen LogP contribution in [0, 0.1) is 0 Å². The van der Waals surface area contributed by atoms with Crippen molar-refractivity contribution in [1.29, 1.82) is 0 Å². The minimum atomic E-state index is 0.00930. The number of carbonyl (C=O) groups excluding carboxylic acids is 2. The molecular weight excluding hydrogens is 232 g/mol. The molecule has 3 amide bonds. The first kappa shape index (κ1) is 13.1. The second-order valence-electron chi connectivity index (χ2n) is 4.97. The van der Waals surface area contributed by atoms with E-state index in [1.807, 2.05) is 9.80 Å². The maximum atomic E-state index is 12.0. The molecule has 0 aromatic carbocycles. The van der Waals surface area contributed by atoms with E-state index in [2.05, 4.69) is 5.32 Å². The maximum Gasteiger partial charge on any atom is 0.317 e. The SMILES string of the molecule is NCCCCCC(=O)N1CCN2C(=O)NCC2C1. The molecule has 0 bridgehead atoms. The first-order valence-corrected chi connectivity index (χ1v) is 6.74. The molecule has 0 radical (unpaired) electrons. The second kappa shape index (κ2) is 6.04. The van der Waals surface area contributed by atoms with E-state index in [1.165, 1.54) is 0 Å². The normalized spacial score (nSPS) is 22.9. The minimum Gasteiger partial charge on any atom is -0.339 e. The average molecular weight is 254 g/mol. The van der Waals surface area contributed by atoms with E-state index in [0.29, 0.717) is 39.1 Å². The molecule has 0 spiro atoms. The van der Waals surface area contributed by atoms with E-state index in [0.717, 1.165) is 19.3 Å². The van der Waals surface area contributed by atoms with Gasteiger partial charge >= 0.3 is 6.03 Å². The summed E-state index contributed by atoms with van der Waals surface area (Å²) >= 11 is 0. The third kappa shape index (κ3) is 2.93. The number of piperazine rings is 1. The molecule has 0 aromatic heterocycles. The highest BCUT2D eigenvalue weighted by molar-refractivity contribution is 5.79. The van der Waals surface area contributed by atoms with Crippen LogP contribution in [0.2, 0.25) is 0 Å². The Morgan fingerprint density at radius 3 is 2.94 bits per heavy atom. The maximum absolute atomic E-state index is 12.0. The van der Waals surface area contributed by atoms with E-state index >= 15 is 0 Å². The summed E-state index contributed by atoms with van der Waals surface area (Å²) in [6.07, 6.45) is 3.53. The standard InChI is InChI=1S/C12H22N4O2/c13-5-3-1-2-4-11(17)15-6-7-16-10(9-15)8-14-12(16)18/h10H,1-9,13H2,(H,14,18). The molecule has 2 heterocycles. The van der Waals surface area contributed by atoms with Gasteiger partial charge in [-0.3, -0.25) is 4.79 Å². The van der Waals surface area contributed by atoms with E-state index in [4.69, 9.17) is 5.73 Å². The number of hydrogen-bond acceptors (Lipinski definition) is 3. The van der Waals surface area contributed by atoms with Gasteiger partial charge in [0.25, 0.3) is 0 Å². The number of unbranched alkanes of at least 4 members (excludes halogenated alkanes) is 2. The highest BCUT2D eigenvalue weighted by Crippen LogP contribution is 2.15. The zero-order chi connectivity index (χ0) is 13.0. The van der Waals surface area contributed by atoms with Gasteiger partial charge in [-0.15, -0.1) is 0 Å². The Bertz CT molecular complexity index is 321. The van der Waals surface area contributed by atoms with Crippen LogP contribution in [0.25, 0.3) is 0 Å². The first-order valence-electron chi connectivity index (χ1n) is 6.74. The molecule has 2 fully saturated rings. The summed E-state index contributed by atoms with van der Waals surface area (Å²) in [4.78, 5) is 27.2. The van der Waals surface area contributed by atoms with Crippen molar-refractivity contribution in [3.63, 3.8) is 0 Å². The molecule has 0 aromatic rings. The van der Waals surface area contributed by atoms with Gasteiger partial charge in [-0.05, 0) is 19.4 Å². The molecule has 3 N–H and O–H groups in total. The monoisotopic (exact) mass is 254 g/mol. The van der Waals surface area contributed by atoms with E-state index < -0.39 is 0 Å². The zero-order valence-electron chi connectivity index (χ0n) is 10.7. The number of carbonyl (C=O) groups is 2. The van der Waals surface area contributed by atoms with Crippen molar-refractivity contribution in [2.75, 3.05) is 32.7 Å². The van der Waals surface area contributed by atoms with Crippen LogP contribution in [0.1, 0.15) is 25.7 Å². The number of nitrogens with one attached hydrogen (secondary N) is 1. The fraction of sp³-hybridized carbons (Fsp3) is 0.833. The summed E-state index contributed by atoms with van der Waals surface area (Å²) in [6, 6.07) is 0.175. The number of fused-ring (bicyclic) bond motifs is 1. The number of rotatable bonds is 5. The Morgan fingerprint density at radius 2 is 2.17 bits per heavy atom. The molecule has 18 heavy (non-hydrogen) atoms.